The molecule has 0 radical (unpaired) electrons. The molecule has 0 aromatic carbocycles. The van der Waals surface area contributed by atoms with Gasteiger partial charge in [-0.25, -0.2) is 9.78 Å². The van der Waals surface area contributed by atoms with E-state index in [1.165, 1.54) is 11.3 Å². The van der Waals surface area contributed by atoms with E-state index in [-0.39, 0.29) is 18.2 Å². The predicted molar refractivity (Wildman–Crippen MR) is 64.8 cm³/mol. The van der Waals surface area contributed by atoms with Crippen LogP contribution in [0.25, 0.3) is 0 Å². The number of aliphatic carboxylic acids is 1. The van der Waals surface area contributed by atoms with Crippen molar-refractivity contribution < 1.29 is 14.7 Å². The Hall–Kier alpha value is -1.43. The molecule has 6 heteroatoms. The van der Waals surface area contributed by atoms with Crippen molar-refractivity contribution in [1.82, 2.24) is 10.3 Å². The molecule has 0 unspecified atom stereocenters. The summed E-state index contributed by atoms with van der Waals surface area (Å²) >= 11 is 1.41. The van der Waals surface area contributed by atoms with Crippen LogP contribution >= 0.6 is 11.3 Å². The molecule has 2 N–H and O–H groups in total. The van der Waals surface area contributed by atoms with Crippen LogP contribution in [0.2, 0.25) is 0 Å². The number of carbonyl (C=O) groups is 2. The van der Waals surface area contributed by atoms with Gasteiger partial charge in [0.05, 0.1) is 17.6 Å². The maximum absolute atomic E-state index is 11.6. The van der Waals surface area contributed by atoms with E-state index in [4.69, 9.17) is 5.11 Å². The topological polar surface area (TPSA) is 79.3 Å². The summed E-state index contributed by atoms with van der Waals surface area (Å²) in [5.74, 6) is -1.39. The van der Waals surface area contributed by atoms with E-state index in [2.05, 4.69) is 10.3 Å². The van der Waals surface area contributed by atoms with Crippen molar-refractivity contribution in [1.29, 1.82) is 0 Å². The Kier molecular flexibility index (Phi) is 5.09. The summed E-state index contributed by atoms with van der Waals surface area (Å²) in [5, 5.41) is 13.3. The monoisotopic (exact) mass is 256 g/mol. The number of rotatable bonds is 6. The maximum Gasteiger partial charge on any atom is 0.326 e. The molecule has 0 bridgehead atoms. The Morgan fingerprint density at radius 3 is 2.76 bits per heavy atom. The molecule has 94 valence electrons. The molecule has 0 saturated heterocycles. The zero-order chi connectivity index (χ0) is 12.8. The Balaban J connectivity index is 2.55. The number of thiazole rings is 1. The highest BCUT2D eigenvalue weighted by Gasteiger charge is 2.25. The summed E-state index contributed by atoms with van der Waals surface area (Å²) in [6.07, 6.45) is 0.831. The van der Waals surface area contributed by atoms with Gasteiger partial charge in [-0.1, -0.05) is 20.3 Å². The van der Waals surface area contributed by atoms with Crippen LogP contribution in [-0.4, -0.2) is 28.0 Å². The smallest absolute Gasteiger partial charge is 0.326 e. The van der Waals surface area contributed by atoms with Crippen molar-refractivity contribution in [3.8, 4) is 0 Å². The number of carboxylic acid groups (broad SMARTS) is 1. The predicted octanol–water partition coefficient (Wildman–Crippen LogP) is 1.30. The van der Waals surface area contributed by atoms with Crippen molar-refractivity contribution in [3.63, 3.8) is 0 Å². The molecule has 0 aliphatic carbocycles. The lowest BCUT2D eigenvalue weighted by molar-refractivity contribution is -0.143. The van der Waals surface area contributed by atoms with Crippen LogP contribution in [0.4, 0.5) is 0 Å². The molecule has 17 heavy (non-hydrogen) atoms. The molecule has 1 aromatic heterocycles. The normalized spacial score (nSPS) is 14.0. The second kappa shape index (κ2) is 6.34. The molecule has 0 spiro atoms. The molecule has 0 saturated carbocycles. The van der Waals surface area contributed by atoms with Gasteiger partial charge >= 0.3 is 5.97 Å². The number of nitrogens with zero attached hydrogens (tertiary/aromatic N) is 1. The molecule has 1 heterocycles. The van der Waals surface area contributed by atoms with Crippen LogP contribution in [0.1, 0.15) is 26.0 Å². The summed E-state index contributed by atoms with van der Waals surface area (Å²) < 4.78 is 0. The SMILES string of the molecule is CC[C@H](C)[C@H](NC(=O)Cc1cscn1)C(=O)O. The molecule has 2 atom stereocenters. The fourth-order valence-electron chi connectivity index (χ4n) is 1.40. The van der Waals surface area contributed by atoms with E-state index in [0.29, 0.717) is 12.1 Å². The summed E-state index contributed by atoms with van der Waals surface area (Å²) in [4.78, 5) is 26.6. The minimum absolute atomic E-state index is 0.0908. The first-order valence-electron chi connectivity index (χ1n) is 5.43. The standard InChI is InChI=1S/C11H16N2O3S/c1-3-7(2)10(11(15)16)13-9(14)4-8-5-17-6-12-8/h5-7,10H,3-4H2,1-2H3,(H,13,14)(H,15,16)/t7-,10-/m0/s1. The quantitative estimate of drug-likeness (QED) is 0.804. The number of nitrogens with one attached hydrogen (secondary N) is 1. The van der Waals surface area contributed by atoms with Gasteiger partial charge in [0.2, 0.25) is 5.91 Å². The van der Waals surface area contributed by atoms with Crippen LogP contribution in [0.5, 0.6) is 0 Å². The second-order valence-corrected chi connectivity index (χ2v) is 4.64. The summed E-state index contributed by atoms with van der Waals surface area (Å²) in [6.45, 7) is 3.70. The van der Waals surface area contributed by atoms with E-state index in [0.717, 1.165) is 0 Å². The van der Waals surface area contributed by atoms with Gasteiger partial charge in [0, 0.05) is 5.38 Å². The van der Waals surface area contributed by atoms with E-state index < -0.39 is 12.0 Å². The first kappa shape index (κ1) is 13.6. The number of aromatic nitrogens is 1. The zero-order valence-corrected chi connectivity index (χ0v) is 10.7. The van der Waals surface area contributed by atoms with Crippen molar-refractivity contribution in [2.24, 2.45) is 5.92 Å². The number of hydrogen-bond acceptors (Lipinski definition) is 4. The lowest BCUT2D eigenvalue weighted by atomic mass is 9.99. The largest absolute Gasteiger partial charge is 0.480 e. The van der Waals surface area contributed by atoms with Crippen molar-refractivity contribution in [2.45, 2.75) is 32.7 Å². The fourth-order valence-corrected chi connectivity index (χ4v) is 1.96. The van der Waals surface area contributed by atoms with Gasteiger partial charge in [-0.05, 0) is 5.92 Å². The van der Waals surface area contributed by atoms with Crippen LogP contribution in [-0.2, 0) is 16.0 Å². The van der Waals surface area contributed by atoms with Gasteiger partial charge in [-0.3, -0.25) is 4.79 Å². The zero-order valence-electron chi connectivity index (χ0n) is 9.84. The van der Waals surface area contributed by atoms with Gasteiger partial charge in [0.25, 0.3) is 0 Å². The van der Waals surface area contributed by atoms with Crippen LogP contribution in [0.3, 0.4) is 0 Å². The Labute approximate surface area is 104 Å². The van der Waals surface area contributed by atoms with Crippen molar-refractivity contribution in [3.05, 3.63) is 16.6 Å². The van der Waals surface area contributed by atoms with Crippen LogP contribution < -0.4 is 5.32 Å². The summed E-state index contributed by atoms with van der Waals surface area (Å²) in [5.41, 5.74) is 2.31. The van der Waals surface area contributed by atoms with Gasteiger partial charge < -0.3 is 10.4 Å². The highest BCUT2D eigenvalue weighted by molar-refractivity contribution is 7.07. The van der Waals surface area contributed by atoms with Crippen molar-refractivity contribution in [2.75, 3.05) is 0 Å². The lowest BCUT2D eigenvalue weighted by Gasteiger charge is -2.19. The third-order valence-corrected chi connectivity index (χ3v) is 3.26. The van der Waals surface area contributed by atoms with E-state index in [1.807, 2.05) is 13.8 Å². The first-order valence-corrected chi connectivity index (χ1v) is 6.38. The third-order valence-electron chi connectivity index (χ3n) is 2.62. The van der Waals surface area contributed by atoms with Crippen LogP contribution in [0, 0.1) is 5.92 Å². The molecule has 0 fully saturated rings. The molecule has 1 amide bonds. The molecular formula is C11H16N2O3S. The van der Waals surface area contributed by atoms with Crippen LogP contribution in [0.15, 0.2) is 10.9 Å². The van der Waals surface area contributed by atoms with Gasteiger partial charge in [-0.2, -0.15) is 0 Å². The number of carbonyl (C=O) groups excluding carboxylic acids is 1. The highest BCUT2D eigenvalue weighted by Crippen LogP contribution is 2.08. The number of amides is 1. The summed E-state index contributed by atoms with van der Waals surface area (Å²) in [7, 11) is 0. The Morgan fingerprint density at radius 1 is 1.59 bits per heavy atom. The number of carboxylic acids is 1. The van der Waals surface area contributed by atoms with E-state index >= 15 is 0 Å². The Morgan fingerprint density at radius 2 is 2.29 bits per heavy atom. The lowest BCUT2D eigenvalue weighted by Crippen LogP contribution is -2.45. The average Bonchev–Trinajstić information content (AvgIpc) is 2.77. The minimum Gasteiger partial charge on any atom is -0.480 e. The van der Waals surface area contributed by atoms with Gasteiger partial charge in [0.15, 0.2) is 0 Å². The molecule has 0 aliphatic rings. The first-order chi connectivity index (χ1) is 8.04. The molecular weight excluding hydrogens is 240 g/mol. The van der Waals surface area contributed by atoms with Gasteiger partial charge in [-0.15, -0.1) is 11.3 Å². The Bertz CT molecular complexity index is 378. The maximum atomic E-state index is 11.6. The van der Waals surface area contributed by atoms with Crippen molar-refractivity contribution >= 4 is 23.2 Å². The third kappa shape index (κ3) is 4.14. The fraction of sp³-hybridized carbons (Fsp3) is 0.545. The second-order valence-electron chi connectivity index (χ2n) is 3.93. The van der Waals surface area contributed by atoms with E-state index in [9.17, 15) is 9.59 Å². The number of hydrogen-bond donors (Lipinski definition) is 2. The van der Waals surface area contributed by atoms with Gasteiger partial charge in [0.1, 0.15) is 6.04 Å². The molecule has 5 nitrogen and oxygen atoms in total. The summed E-state index contributed by atoms with van der Waals surface area (Å²) in [6, 6.07) is -0.828. The average molecular weight is 256 g/mol. The molecule has 1 aromatic rings. The molecule has 1 rings (SSSR count). The minimum atomic E-state index is -0.994. The highest BCUT2D eigenvalue weighted by atomic mass is 32.1. The van der Waals surface area contributed by atoms with E-state index in [1.54, 1.807) is 10.9 Å². The molecule has 0 aliphatic heterocycles.